The van der Waals surface area contributed by atoms with Crippen LogP contribution >= 0.6 is 23.2 Å². The quantitative estimate of drug-likeness (QED) is 0.820. The monoisotopic (exact) mass is 284 g/mol. The Labute approximate surface area is 116 Å². The van der Waals surface area contributed by atoms with Gasteiger partial charge in [0.15, 0.2) is 0 Å². The number of hydrogen-bond donors (Lipinski definition) is 2. The molecule has 0 aromatic heterocycles. The van der Waals surface area contributed by atoms with Gasteiger partial charge in [0, 0.05) is 11.2 Å². The average Bonchev–Trinajstić information content (AvgIpc) is 2.84. The maximum Gasteiger partial charge on any atom is 0.323 e. The average molecular weight is 285 g/mol. The first-order valence-electron chi connectivity index (χ1n) is 5.85. The van der Waals surface area contributed by atoms with Crippen LogP contribution in [0, 0.1) is 0 Å². The third kappa shape index (κ3) is 3.65. The minimum absolute atomic E-state index is 0.307. The lowest BCUT2D eigenvalue weighted by Crippen LogP contribution is -2.24. The van der Waals surface area contributed by atoms with Crippen molar-refractivity contribution in [3.8, 4) is 0 Å². The minimum Gasteiger partial charge on any atom is -0.314 e. The van der Waals surface area contributed by atoms with Crippen molar-refractivity contribution in [3.63, 3.8) is 0 Å². The highest BCUT2D eigenvalue weighted by atomic mass is 35.5. The van der Waals surface area contributed by atoms with Gasteiger partial charge in [0.1, 0.15) is 0 Å². The number of urea groups is 1. The van der Waals surface area contributed by atoms with Crippen LogP contribution in [0.15, 0.2) is 30.0 Å². The zero-order chi connectivity index (χ0) is 13.0. The van der Waals surface area contributed by atoms with E-state index in [1.807, 2.05) is 0 Å². The van der Waals surface area contributed by atoms with Crippen LogP contribution in [0.2, 0.25) is 10.0 Å². The van der Waals surface area contributed by atoms with E-state index in [-0.39, 0.29) is 6.03 Å². The van der Waals surface area contributed by atoms with Crippen LogP contribution in [0.25, 0.3) is 0 Å². The summed E-state index contributed by atoms with van der Waals surface area (Å²) in [7, 11) is 0. The van der Waals surface area contributed by atoms with E-state index in [0.717, 1.165) is 12.8 Å². The number of carbonyl (C=O) groups excluding carboxylic acids is 1. The maximum absolute atomic E-state index is 11.7. The summed E-state index contributed by atoms with van der Waals surface area (Å²) in [4.78, 5) is 11.7. The molecule has 18 heavy (non-hydrogen) atoms. The molecule has 0 bridgehead atoms. The second-order valence-corrected chi connectivity index (χ2v) is 5.08. The molecule has 1 saturated carbocycles. The molecule has 2 amide bonds. The molecule has 2 rings (SSSR count). The van der Waals surface area contributed by atoms with Gasteiger partial charge in [-0.25, -0.2) is 4.79 Å². The lowest BCUT2D eigenvalue weighted by molar-refractivity contribution is 0.255. The summed E-state index contributed by atoms with van der Waals surface area (Å²) >= 11 is 11.8. The Bertz CT molecular complexity index is 478. The fraction of sp³-hybridized carbons (Fsp3) is 0.308. The van der Waals surface area contributed by atoms with Crippen molar-refractivity contribution in [2.45, 2.75) is 25.7 Å². The van der Waals surface area contributed by atoms with Crippen molar-refractivity contribution in [2.75, 3.05) is 5.32 Å². The largest absolute Gasteiger partial charge is 0.323 e. The summed E-state index contributed by atoms with van der Waals surface area (Å²) in [6.45, 7) is 0. The zero-order valence-electron chi connectivity index (χ0n) is 9.80. The molecular formula is C13H14Cl2N2O. The lowest BCUT2D eigenvalue weighted by atomic mass is 10.2. The van der Waals surface area contributed by atoms with E-state index in [1.165, 1.54) is 18.4 Å². The zero-order valence-corrected chi connectivity index (χ0v) is 11.3. The highest BCUT2D eigenvalue weighted by Gasteiger charge is 2.08. The van der Waals surface area contributed by atoms with E-state index < -0.39 is 0 Å². The molecule has 1 aromatic rings. The van der Waals surface area contributed by atoms with Crippen LogP contribution in [-0.2, 0) is 0 Å². The molecule has 1 fully saturated rings. The fourth-order valence-corrected chi connectivity index (χ4v) is 2.23. The normalized spacial score (nSPS) is 14.4. The van der Waals surface area contributed by atoms with Gasteiger partial charge in [-0.15, -0.1) is 0 Å². The topological polar surface area (TPSA) is 41.1 Å². The van der Waals surface area contributed by atoms with Crippen LogP contribution in [0.5, 0.6) is 0 Å². The molecule has 1 aliphatic rings. The molecule has 0 saturated heterocycles. The van der Waals surface area contributed by atoms with Gasteiger partial charge >= 0.3 is 6.03 Å². The van der Waals surface area contributed by atoms with Gasteiger partial charge in [-0.2, -0.15) is 0 Å². The van der Waals surface area contributed by atoms with Crippen molar-refractivity contribution in [1.29, 1.82) is 0 Å². The number of halogens is 2. The van der Waals surface area contributed by atoms with Gasteiger partial charge in [0.2, 0.25) is 0 Å². The molecule has 0 heterocycles. The molecule has 1 aliphatic carbocycles. The fourth-order valence-electron chi connectivity index (χ4n) is 1.89. The Morgan fingerprint density at radius 3 is 2.67 bits per heavy atom. The van der Waals surface area contributed by atoms with E-state index in [4.69, 9.17) is 23.2 Å². The number of benzene rings is 1. The summed E-state index contributed by atoms with van der Waals surface area (Å²) in [5.41, 5.74) is 1.79. The summed E-state index contributed by atoms with van der Waals surface area (Å²) in [6.07, 6.45) is 6.32. The molecule has 0 atom stereocenters. The van der Waals surface area contributed by atoms with Gasteiger partial charge in [-0.3, -0.25) is 0 Å². The van der Waals surface area contributed by atoms with E-state index in [2.05, 4.69) is 10.6 Å². The Balaban J connectivity index is 1.94. The highest BCUT2D eigenvalue weighted by Crippen LogP contribution is 2.25. The van der Waals surface area contributed by atoms with Gasteiger partial charge in [0.05, 0.1) is 10.7 Å². The molecule has 0 radical (unpaired) electrons. The predicted octanol–water partition coefficient (Wildman–Crippen LogP) is 4.57. The van der Waals surface area contributed by atoms with Crippen LogP contribution < -0.4 is 10.6 Å². The van der Waals surface area contributed by atoms with Gasteiger partial charge in [0.25, 0.3) is 0 Å². The smallest absolute Gasteiger partial charge is 0.314 e. The molecule has 0 aliphatic heterocycles. The van der Waals surface area contributed by atoms with Crippen molar-refractivity contribution in [3.05, 3.63) is 40.0 Å². The molecule has 96 valence electrons. The summed E-state index contributed by atoms with van der Waals surface area (Å²) in [6, 6.07) is 4.63. The first kappa shape index (κ1) is 13.2. The first-order valence-corrected chi connectivity index (χ1v) is 6.61. The van der Waals surface area contributed by atoms with Crippen molar-refractivity contribution in [1.82, 2.24) is 5.32 Å². The van der Waals surface area contributed by atoms with Gasteiger partial charge in [-0.1, -0.05) is 28.8 Å². The molecule has 0 spiro atoms. The van der Waals surface area contributed by atoms with Crippen LogP contribution in [0.4, 0.5) is 10.5 Å². The van der Waals surface area contributed by atoms with E-state index >= 15 is 0 Å². The SMILES string of the molecule is O=C(NC=C1CCCC1)Nc1cc(Cl)ccc1Cl. The molecule has 0 unspecified atom stereocenters. The summed E-state index contributed by atoms with van der Waals surface area (Å²) < 4.78 is 0. The summed E-state index contributed by atoms with van der Waals surface area (Å²) in [5.74, 6) is 0. The molecular weight excluding hydrogens is 271 g/mol. The number of nitrogens with one attached hydrogen (secondary N) is 2. The van der Waals surface area contributed by atoms with Crippen LogP contribution in [0.3, 0.4) is 0 Å². The van der Waals surface area contributed by atoms with E-state index in [0.29, 0.717) is 15.7 Å². The molecule has 2 N–H and O–H groups in total. The second-order valence-electron chi connectivity index (χ2n) is 4.23. The Morgan fingerprint density at radius 2 is 1.94 bits per heavy atom. The summed E-state index contributed by atoms with van der Waals surface area (Å²) in [5, 5.41) is 6.36. The van der Waals surface area contributed by atoms with Crippen molar-refractivity contribution >= 4 is 34.9 Å². The van der Waals surface area contributed by atoms with Crippen molar-refractivity contribution < 1.29 is 4.79 Å². The molecule has 3 nitrogen and oxygen atoms in total. The third-order valence-electron chi connectivity index (χ3n) is 2.83. The van der Waals surface area contributed by atoms with Crippen molar-refractivity contribution in [2.24, 2.45) is 0 Å². The standard InChI is InChI=1S/C13H14Cl2N2O/c14-10-5-6-11(15)12(7-10)17-13(18)16-8-9-3-1-2-4-9/h5-8H,1-4H2,(H2,16,17,18). The van der Waals surface area contributed by atoms with Crippen LogP contribution in [-0.4, -0.2) is 6.03 Å². The van der Waals surface area contributed by atoms with E-state index in [9.17, 15) is 4.79 Å². The molecule has 1 aromatic carbocycles. The first-order chi connectivity index (χ1) is 8.65. The number of anilines is 1. The number of carbonyl (C=O) groups is 1. The third-order valence-corrected chi connectivity index (χ3v) is 3.39. The van der Waals surface area contributed by atoms with E-state index in [1.54, 1.807) is 24.4 Å². The number of hydrogen-bond acceptors (Lipinski definition) is 1. The lowest BCUT2D eigenvalue weighted by Gasteiger charge is -2.07. The maximum atomic E-state index is 11.7. The Hall–Kier alpha value is -1.19. The number of allylic oxidation sites excluding steroid dienone is 1. The van der Waals surface area contributed by atoms with Gasteiger partial charge in [-0.05, 0) is 43.9 Å². The van der Waals surface area contributed by atoms with Crippen LogP contribution in [0.1, 0.15) is 25.7 Å². The highest BCUT2D eigenvalue weighted by molar-refractivity contribution is 6.35. The Morgan fingerprint density at radius 1 is 1.22 bits per heavy atom. The Kier molecular flexibility index (Phi) is 4.50. The second kappa shape index (κ2) is 6.12. The number of amides is 2. The molecule has 5 heteroatoms. The van der Waals surface area contributed by atoms with Gasteiger partial charge < -0.3 is 10.6 Å². The predicted molar refractivity (Wildman–Crippen MR) is 75.2 cm³/mol. The number of rotatable bonds is 2. The minimum atomic E-state index is -0.307.